The van der Waals surface area contributed by atoms with E-state index in [2.05, 4.69) is 25.4 Å². The van der Waals surface area contributed by atoms with Crippen LogP contribution in [0.4, 0.5) is 0 Å². The fraction of sp³-hybridized carbons (Fsp3) is 0.833. The van der Waals surface area contributed by atoms with Crippen LogP contribution >= 0.6 is 25.4 Å². The van der Waals surface area contributed by atoms with Gasteiger partial charge in [-0.05, 0) is 0 Å². The molecule has 0 aromatic carbocycles. The van der Waals surface area contributed by atoms with Crippen molar-refractivity contribution in [3.63, 3.8) is 0 Å². The van der Waals surface area contributed by atoms with Crippen molar-refractivity contribution in [2.75, 3.05) is 13.2 Å². The molecular weight excluding hydrogens is 487 g/mol. The zero-order chi connectivity index (χ0) is 15.1. The third-order valence-electron chi connectivity index (χ3n) is 1.96. The molecule has 0 atom stereocenters. The van der Waals surface area contributed by atoms with E-state index in [1.807, 2.05) is 27.7 Å². The topological polar surface area (TPSA) is 52.6 Å². The molecule has 0 heterocycles. The van der Waals surface area contributed by atoms with Gasteiger partial charge in [0.2, 0.25) is 0 Å². The molecule has 0 aromatic heterocycles. The molecule has 19 heavy (non-hydrogen) atoms. The van der Waals surface area contributed by atoms with Crippen LogP contribution in [0.3, 0.4) is 0 Å². The Kier molecular flexibility index (Phi) is 9.95. The van der Waals surface area contributed by atoms with E-state index in [0.29, 0.717) is 25.0 Å². The van der Waals surface area contributed by atoms with Gasteiger partial charge in [-0.1, -0.05) is 0 Å². The van der Waals surface area contributed by atoms with Gasteiger partial charge in [-0.2, -0.15) is 0 Å². The maximum atomic E-state index is 11.6. The van der Waals surface area contributed by atoms with Crippen LogP contribution in [-0.2, 0) is 19.1 Å². The first-order valence-corrected chi connectivity index (χ1v) is 23.1. The number of esters is 2. The van der Waals surface area contributed by atoms with Crippen molar-refractivity contribution in [2.45, 2.75) is 36.6 Å². The molecule has 0 N–H and O–H groups in total. The molecule has 0 aliphatic rings. The van der Waals surface area contributed by atoms with E-state index in [-0.39, 0.29) is 20.8 Å². The monoisotopic (exact) mass is 508 g/mol. The third-order valence-corrected chi connectivity index (χ3v) is 14.1. The summed E-state index contributed by atoms with van der Waals surface area (Å²) < 4.78 is 10.8. The number of halogens is 2. The Morgan fingerprint density at radius 2 is 1.21 bits per heavy atom. The zero-order valence-corrected chi connectivity index (χ0v) is 17.9. The van der Waals surface area contributed by atoms with Gasteiger partial charge in [0.25, 0.3) is 0 Å². The molecule has 0 spiro atoms. The molecule has 7 heteroatoms. The number of hydrogen-bond acceptors (Lipinski definition) is 4. The molecule has 0 unspecified atom stereocenters. The summed E-state index contributed by atoms with van der Waals surface area (Å²) in [4.78, 5) is 23.3. The summed E-state index contributed by atoms with van der Waals surface area (Å²) in [5.41, 5.74) is 0. The Hall–Kier alpha value is 0.699. The van der Waals surface area contributed by atoms with Crippen LogP contribution in [-0.4, -0.2) is 39.1 Å². The normalized spacial score (nSPS) is 11.8. The molecular formula is C12H22Br2O4Sn. The zero-order valence-electron chi connectivity index (χ0n) is 11.9. The van der Waals surface area contributed by atoms with Crippen molar-refractivity contribution in [1.29, 1.82) is 0 Å². The summed E-state index contributed by atoms with van der Waals surface area (Å²) in [6, 6.07) is 0. The second kappa shape index (κ2) is 9.60. The van der Waals surface area contributed by atoms with Gasteiger partial charge in [0, 0.05) is 0 Å². The summed E-state index contributed by atoms with van der Waals surface area (Å²) in [6.07, 6.45) is 0. The first-order chi connectivity index (χ1) is 8.62. The predicted octanol–water partition coefficient (Wildman–Crippen LogP) is 3.62. The minimum absolute atomic E-state index is 0.255. The maximum absolute atomic E-state index is 11.6. The quantitative estimate of drug-likeness (QED) is 0.371. The SMILES string of the molecule is CC(C)COC(=O)[CH2][Sn]([Br])([Br])[CH2]C(=O)OCC(C)C. The second-order valence-electron chi connectivity index (χ2n) is 5.36. The standard InChI is InChI=1S/2C6H11O2.2BrH.Sn/c2*1-5(2)4-8-6(3)7;;;/h2*5H,3-4H2,1-2H3;2*1H;/q;;;;+2/p-2. The first-order valence-electron chi connectivity index (χ1n) is 6.31. The summed E-state index contributed by atoms with van der Waals surface area (Å²) in [6.45, 7) is 8.76. The number of carbonyl (C=O) groups is 2. The molecule has 0 radical (unpaired) electrons. The molecule has 0 bridgehead atoms. The van der Waals surface area contributed by atoms with Crippen molar-refractivity contribution < 1.29 is 19.1 Å². The van der Waals surface area contributed by atoms with Crippen LogP contribution < -0.4 is 0 Å². The number of rotatable bonds is 8. The Labute approximate surface area is 131 Å². The van der Waals surface area contributed by atoms with Crippen LogP contribution in [0.25, 0.3) is 0 Å². The van der Waals surface area contributed by atoms with Crippen LogP contribution in [0.2, 0.25) is 8.87 Å². The van der Waals surface area contributed by atoms with Crippen LogP contribution in [0, 0.1) is 11.8 Å². The molecule has 0 amide bonds. The Balaban J connectivity index is 4.09. The van der Waals surface area contributed by atoms with E-state index in [9.17, 15) is 9.59 Å². The van der Waals surface area contributed by atoms with Crippen molar-refractivity contribution in [3.8, 4) is 0 Å². The van der Waals surface area contributed by atoms with Crippen molar-refractivity contribution in [3.05, 3.63) is 0 Å². The molecule has 4 nitrogen and oxygen atoms in total. The van der Waals surface area contributed by atoms with Gasteiger partial charge in [0.15, 0.2) is 0 Å². The molecule has 0 aromatic rings. The number of hydrogen-bond donors (Lipinski definition) is 0. The van der Waals surface area contributed by atoms with Crippen molar-refractivity contribution in [1.82, 2.24) is 0 Å². The predicted molar refractivity (Wildman–Crippen MR) is 84.8 cm³/mol. The number of carbonyl (C=O) groups excluding carboxylic acids is 2. The number of ether oxygens (including phenoxy) is 2. The average Bonchev–Trinajstić information content (AvgIpc) is 2.22. The molecule has 0 saturated carbocycles. The molecule has 112 valence electrons. The summed E-state index contributed by atoms with van der Waals surface area (Å²) in [5.74, 6) is 0.121. The molecule has 0 aliphatic heterocycles. The van der Waals surface area contributed by atoms with Crippen molar-refractivity contribution >= 4 is 51.3 Å². The van der Waals surface area contributed by atoms with E-state index >= 15 is 0 Å². The Bertz CT molecular complexity index is 278. The molecule has 0 saturated heterocycles. The van der Waals surface area contributed by atoms with Crippen molar-refractivity contribution in [2.24, 2.45) is 11.8 Å². The van der Waals surface area contributed by atoms with Gasteiger partial charge >= 0.3 is 132 Å². The Morgan fingerprint density at radius 3 is 1.47 bits per heavy atom. The van der Waals surface area contributed by atoms with E-state index in [1.54, 1.807) is 0 Å². The van der Waals surface area contributed by atoms with Gasteiger partial charge in [0.05, 0.1) is 0 Å². The fourth-order valence-electron chi connectivity index (χ4n) is 1.11. The first kappa shape index (κ1) is 19.7. The second-order valence-corrected chi connectivity index (χ2v) is 39.8. The fourth-order valence-corrected chi connectivity index (χ4v) is 10.6. The average molecular weight is 509 g/mol. The van der Waals surface area contributed by atoms with E-state index < -0.39 is 13.9 Å². The molecule has 0 fully saturated rings. The van der Waals surface area contributed by atoms with Crippen LogP contribution in [0.15, 0.2) is 0 Å². The summed E-state index contributed by atoms with van der Waals surface area (Å²) >= 11 is 3.98. The van der Waals surface area contributed by atoms with Gasteiger partial charge in [-0.25, -0.2) is 0 Å². The Morgan fingerprint density at radius 1 is 0.895 bits per heavy atom. The van der Waals surface area contributed by atoms with Gasteiger partial charge in [0.1, 0.15) is 0 Å². The van der Waals surface area contributed by atoms with Gasteiger partial charge in [-0.15, -0.1) is 0 Å². The molecule has 0 rings (SSSR count). The third kappa shape index (κ3) is 12.2. The minimum atomic E-state index is -3.06. The van der Waals surface area contributed by atoms with Gasteiger partial charge in [-0.3, -0.25) is 0 Å². The van der Waals surface area contributed by atoms with E-state index in [0.717, 1.165) is 0 Å². The van der Waals surface area contributed by atoms with Crippen LogP contribution in [0.5, 0.6) is 0 Å². The van der Waals surface area contributed by atoms with Gasteiger partial charge < -0.3 is 0 Å². The summed E-state index contributed by atoms with van der Waals surface area (Å²) in [5, 5.41) is 0. The molecule has 0 aliphatic carbocycles. The van der Waals surface area contributed by atoms with E-state index in [1.165, 1.54) is 0 Å². The van der Waals surface area contributed by atoms with Crippen LogP contribution in [0.1, 0.15) is 27.7 Å². The van der Waals surface area contributed by atoms with E-state index in [4.69, 9.17) is 9.47 Å². The summed E-state index contributed by atoms with van der Waals surface area (Å²) in [7, 11) is 0.